The van der Waals surface area contributed by atoms with Crippen LogP contribution in [0.2, 0.25) is 0 Å². The van der Waals surface area contributed by atoms with Crippen molar-refractivity contribution in [1.29, 1.82) is 0 Å². The Morgan fingerprint density at radius 2 is 1.91 bits per heavy atom. The Labute approximate surface area is 187 Å². The van der Waals surface area contributed by atoms with Crippen LogP contribution >= 0.6 is 0 Å². The number of ether oxygens (including phenoxy) is 2. The molecule has 2 aromatic heterocycles. The average Bonchev–Trinajstić information content (AvgIpc) is 3.16. The van der Waals surface area contributed by atoms with Gasteiger partial charge in [0.25, 0.3) is 0 Å². The van der Waals surface area contributed by atoms with E-state index in [1.165, 1.54) is 0 Å². The van der Waals surface area contributed by atoms with Gasteiger partial charge in [-0.15, -0.1) is 0 Å². The number of carbonyl (C=O) groups is 1. The molecule has 0 aliphatic carbocycles. The number of rotatable bonds is 5. The Balaban J connectivity index is 1.48. The van der Waals surface area contributed by atoms with Crippen LogP contribution in [0.15, 0.2) is 36.8 Å². The van der Waals surface area contributed by atoms with E-state index in [2.05, 4.69) is 20.0 Å². The molecular formula is C23H30N6O3. The number of benzene rings is 1. The number of carbonyl (C=O) groups excluding carboxylic acids is 1. The lowest BCUT2D eigenvalue weighted by atomic mass is 10.2. The Hall–Kier alpha value is -3.36. The first-order valence-corrected chi connectivity index (χ1v) is 10.9. The van der Waals surface area contributed by atoms with Gasteiger partial charge in [-0.25, -0.2) is 19.4 Å². The highest BCUT2D eigenvalue weighted by molar-refractivity contribution is 5.86. The predicted molar refractivity (Wildman–Crippen MR) is 122 cm³/mol. The lowest BCUT2D eigenvalue weighted by Crippen LogP contribution is -2.50. The molecule has 0 N–H and O–H groups in total. The van der Waals surface area contributed by atoms with Gasteiger partial charge in [-0.05, 0) is 45.4 Å². The average molecular weight is 439 g/mol. The fourth-order valence-electron chi connectivity index (χ4n) is 3.75. The number of hydrogen-bond acceptors (Lipinski definition) is 7. The molecule has 1 aromatic carbocycles. The van der Waals surface area contributed by atoms with E-state index in [0.29, 0.717) is 39.3 Å². The monoisotopic (exact) mass is 438 g/mol. The molecule has 170 valence electrons. The molecule has 1 aliphatic heterocycles. The van der Waals surface area contributed by atoms with Crippen molar-refractivity contribution >= 4 is 22.9 Å². The van der Waals surface area contributed by atoms with Crippen molar-refractivity contribution in [3.63, 3.8) is 0 Å². The van der Waals surface area contributed by atoms with Gasteiger partial charge in [-0.2, -0.15) is 5.10 Å². The first-order chi connectivity index (χ1) is 15.3. The number of hydrogen-bond donors (Lipinski definition) is 0. The normalized spacial score (nSPS) is 14.6. The van der Waals surface area contributed by atoms with Gasteiger partial charge in [-0.3, -0.25) is 0 Å². The topological polar surface area (TPSA) is 85.6 Å². The second-order valence-corrected chi connectivity index (χ2v) is 8.77. The van der Waals surface area contributed by atoms with Crippen LogP contribution in [0.1, 0.15) is 33.3 Å². The van der Waals surface area contributed by atoms with Crippen molar-refractivity contribution in [1.82, 2.24) is 24.6 Å². The summed E-state index contributed by atoms with van der Waals surface area (Å²) in [7, 11) is 0. The number of aromatic nitrogens is 4. The van der Waals surface area contributed by atoms with E-state index in [9.17, 15) is 4.79 Å². The van der Waals surface area contributed by atoms with Gasteiger partial charge in [0.15, 0.2) is 5.65 Å². The lowest BCUT2D eigenvalue weighted by molar-refractivity contribution is 0.0240. The van der Waals surface area contributed by atoms with Crippen molar-refractivity contribution in [3.05, 3.63) is 42.4 Å². The molecule has 0 atom stereocenters. The molecular weight excluding hydrogens is 408 g/mol. The van der Waals surface area contributed by atoms with E-state index in [1.807, 2.05) is 62.8 Å². The van der Waals surface area contributed by atoms with Gasteiger partial charge in [0.2, 0.25) is 0 Å². The highest BCUT2D eigenvalue weighted by Gasteiger charge is 2.27. The molecule has 3 heterocycles. The standard InChI is InChI=1S/C23H30N6O3/c1-5-31-18-8-6-7-17(13-18)15-29-21-19(14-26-29)20(24-16-25-21)27-9-11-28(12-10-27)22(30)32-23(2,3)4/h6-8,13-14,16H,5,9-12,15H2,1-4H3. The van der Waals surface area contributed by atoms with Crippen LogP contribution < -0.4 is 9.64 Å². The zero-order valence-electron chi connectivity index (χ0n) is 19.1. The number of anilines is 1. The summed E-state index contributed by atoms with van der Waals surface area (Å²) in [5, 5.41) is 5.47. The molecule has 1 saturated heterocycles. The summed E-state index contributed by atoms with van der Waals surface area (Å²) in [6.07, 6.45) is 3.12. The molecule has 0 unspecified atom stereocenters. The zero-order chi connectivity index (χ0) is 22.7. The van der Waals surface area contributed by atoms with E-state index in [0.717, 1.165) is 28.2 Å². The van der Waals surface area contributed by atoms with E-state index in [1.54, 1.807) is 11.2 Å². The van der Waals surface area contributed by atoms with Crippen molar-refractivity contribution in [3.8, 4) is 5.75 Å². The van der Waals surface area contributed by atoms with Crippen molar-refractivity contribution in [2.75, 3.05) is 37.7 Å². The third-order valence-corrected chi connectivity index (χ3v) is 5.19. The molecule has 9 heteroatoms. The first-order valence-electron chi connectivity index (χ1n) is 10.9. The molecule has 32 heavy (non-hydrogen) atoms. The fourth-order valence-corrected chi connectivity index (χ4v) is 3.75. The second-order valence-electron chi connectivity index (χ2n) is 8.77. The molecule has 0 spiro atoms. The zero-order valence-corrected chi connectivity index (χ0v) is 19.1. The second kappa shape index (κ2) is 9.02. The van der Waals surface area contributed by atoms with Crippen molar-refractivity contribution in [2.24, 2.45) is 0 Å². The van der Waals surface area contributed by atoms with Gasteiger partial charge < -0.3 is 19.3 Å². The maximum atomic E-state index is 12.3. The maximum absolute atomic E-state index is 12.3. The van der Waals surface area contributed by atoms with Crippen LogP contribution in [0.25, 0.3) is 11.0 Å². The molecule has 4 rings (SSSR count). The van der Waals surface area contributed by atoms with Gasteiger partial charge in [0.05, 0.1) is 24.7 Å². The maximum Gasteiger partial charge on any atom is 0.410 e. The molecule has 0 radical (unpaired) electrons. The highest BCUT2D eigenvalue weighted by Crippen LogP contribution is 2.25. The van der Waals surface area contributed by atoms with E-state index in [4.69, 9.17) is 9.47 Å². The van der Waals surface area contributed by atoms with Gasteiger partial charge >= 0.3 is 6.09 Å². The van der Waals surface area contributed by atoms with Crippen LogP contribution in [-0.2, 0) is 11.3 Å². The Bertz CT molecular complexity index is 1080. The van der Waals surface area contributed by atoms with Crippen molar-refractivity contribution in [2.45, 2.75) is 39.8 Å². The van der Waals surface area contributed by atoms with Crippen LogP contribution in [0.5, 0.6) is 5.75 Å². The van der Waals surface area contributed by atoms with E-state index in [-0.39, 0.29) is 6.09 Å². The third-order valence-electron chi connectivity index (χ3n) is 5.19. The predicted octanol–water partition coefficient (Wildman–Crippen LogP) is 3.33. The minimum absolute atomic E-state index is 0.271. The third kappa shape index (κ3) is 4.92. The van der Waals surface area contributed by atoms with Gasteiger partial charge in [-0.1, -0.05) is 12.1 Å². The van der Waals surface area contributed by atoms with Crippen LogP contribution in [-0.4, -0.2) is 69.1 Å². The largest absolute Gasteiger partial charge is 0.494 e. The molecule has 1 aliphatic rings. The first kappa shape index (κ1) is 21.9. The Morgan fingerprint density at radius 1 is 1.12 bits per heavy atom. The summed E-state index contributed by atoms with van der Waals surface area (Å²) in [4.78, 5) is 25.3. The summed E-state index contributed by atoms with van der Waals surface area (Å²) < 4.78 is 13.0. The smallest absolute Gasteiger partial charge is 0.410 e. The summed E-state index contributed by atoms with van der Waals surface area (Å²) in [5.41, 5.74) is 1.38. The number of piperazine rings is 1. The highest BCUT2D eigenvalue weighted by atomic mass is 16.6. The van der Waals surface area contributed by atoms with E-state index >= 15 is 0 Å². The summed E-state index contributed by atoms with van der Waals surface area (Å²) in [6.45, 7) is 11.3. The van der Waals surface area contributed by atoms with Crippen LogP contribution in [0.3, 0.4) is 0 Å². The van der Waals surface area contributed by atoms with Gasteiger partial charge in [0, 0.05) is 26.2 Å². The Morgan fingerprint density at radius 3 is 2.62 bits per heavy atom. The molecule has 0 bridgehead atoms. The van der Waals surface area contributed by atoms with Crippen molar-refractivity contribution < 1.29 is 14.3 Å². The molecule has 9 nitrogen and oxygen atoms in total. The molecule has 0 saturated carbocycles. The minimum Gasteiger partial charge on any atom is -0.494 e. The molecule has 1 amide bonds. The van der Waals surface area contributed by atoms with Crippen LogP contribution in [0.4, 0.5) is 10.6 Å². The minimum atomic E-state index is -0.496. The molecule has 1 fully saturated rings. The van der Waals surface area contributed by atoms with Gasteiger partial charge in [0.1, 0.15) is 23.5 Å². The number of amides is 1. The Kier molecular flexibility index (Phi) is 6.16. The summed E-state index contributed by atoms with van der Waals surface area (Å²) in [6, 6.07) is 8.00. The number of fused-ring (bicyclic) bond motifs is 1. The SMILES string of the molecule is CCOc1cccc(Cn2ncc3c(N4CCN(C(=O)OC(C)(C)C)CC4)ncnc32)c1. The lowest BCUT2D eigenvalue weighted by Gasteiger charge is -2.36. The molecule has 3 aromatic rings. The quantitative estimate of drug-likeness (QED) is 0.604. The summed E-state index contributed by atoms with van der Waals surface area (Å²) in [5.74, 6) is 1.69. The van der Waals surface area contributed by atoms with E-state index < -0.39 is 5.60 Å². The summed E-state index contributed by atoms with van der Waals surface area (Å²) >= 11 is 0. The number of nitrogens with zero attached hydrogens (tertiary/aromatic N) is 6. The fraction of sp³-hybridized carbons (Fsp3) is 0.478. The van der Waals surface area contributed by atoms with Crippen LogP contribution in [0, 0.1) is 0 Å².